The first-order valence-corrected chi connectivity index (χ1v) is 10.5. The molecule has 2 aromatic heterocycles. The molecule has 1 amide bonds. The average molecular weight is 430 g/mol. The van der Waals surface area contributed by atoms with Crippen LogP contribution in [0, 0.1) is 6.92 Å². The quantitative estimate of drug-likeness (QED) is 0.478. The monoisotopic (exact) mass is 429 g/mol. The minimum absolute atomic E-state index is 0.197. The highest BCUT2D eigenvalue weighted by molar-refractivity contribution is 6.31. The van der Waals surface area contributed by atoms with Crippen LogP contribution < -0.4 is 4.74 Å². The summed E-state index contributed by atoms with van der Waals surface area (Å²) in [7, 11) is 1.73. The van der Waals surface area contributed by atoms with Gasteiger partial charge in [0.2, 0.25) is 0 Å². The number of rotatable bonds is 8. The third kappa shape index (κ3) is 5.05. The fourth-order valence-electron chi connectivity index (χ4n) is 3.13. The largest absolute Gasteiger partial charge is 0.485 e. The Morgan fingerprint density at radius 2 is 2.07 bits per heavy atom. The zero-order chi connectivity index (χ0) is 21.8. The minimum Gasteiger partial charge on any atom is -0.485 e. The fourth-order valence-corrected chi connectivity index (χ4v) is 3.31. The Kier molecular flexibility index (Phi) is 6.87. The van der Waals surface area contributed by atoms with Gasteiger partial charge in [0.15, 0.2) is 5.76 Å². The van der Waals surface area contributed by atoms with E-state index in [1.54, 1.807) is 24.1 Å². The number of ether oxygens (including phenoxy) is 1. The van der Waals surface area contributed by atoms with E-state index in [9.17, 15) is 4.79 Å². The van der Waals surface area contributed by atoms with E-state index in [1.165, 1.54) is 0 Å². The molecular weight excluding hydrogens is 402 g/mol. The van der Waals surface area contributed by atoms with E-state index < -0.39 is 0 Å². The number of hydrogen-bond acceptors (Lipinski definition) is 4. The summed E-state index contributed by atoms with van der Waals surface area (Å²) in [5.41, 5.74) is 2.83. The van der Waals surface area contributed by atoms with Crippen molar-refractivity contribution in [3.05, 3.63) is 69.9 Å². The summed E-state index contributed by atoms with van der Waals surface area (Å²) in [6, 6.07) is 9.25. The maximum atomic E-state index is 12.7. The van der Waals surface area contributed by atoms with Crippen LogP contribution in [0.2, 0.25) is 5.02 Å². The number of furan rings is 1. The van der Waals surface area contributed by atoms with Gasteiger partial charge in [0.25, 0.3) is 5.91 Å². The molecular formula is C23H28ClN3O3. The summed E-state index contributed by atoms with van der Waals surface area (Å²) in [5.74, 6) is 1.72. The molecule has 6 nitrogen and oxygen atoms in total. The lowest BCUT2D eigenvalue weighted by atomic mass is 10.0. The summed E-state index contributed by atoms with van der Waals surface area (Å²) in [6.07, 6.45) is 1.90. The Labute approximate surface area is 182 Å². The Balaban J connectivity index is 1.65. The molecule has 0 unspecified atom stereocenters. The van der Waals surface area contributed by atoms with Crippen LogP contribution in [0.5, 0.6) is 5.75 Å². The lowest BCUT2D eigenvalue weighted by Gasteiger charge is -2.15. The number of halogens is 1. The molecule has 0 aliphatic carbocycles. The SMILES string of the molecule is CCn1ccc(CN(C)C(=O)c2ccc(COc3cc(C)c(Cl)cc3C(C)C)o2)n1. The van der Waals surface area contributed by atoms with Crippen molar-refractivity contribution in [3.8, 4) is 5.75 Å². The first-order valence-electron chi connectivity index (χ1n) is 10.1. The summed E-state index contributed by atoms with van der Waals surface area (Å²) < 4.78 is 13.6. The molecule has 0 fully saturated rings. The zero-order valence-corrected chi connectivity index (χ0v) is 18.9. The molecule has 0 saturated carbocycles. The van der Waals surface area contributed by atoms with Crippen molar-refractivity contribution in [2.24, 2.45) is 0 Å². The standard InChI is InChI=1S/C23H28ClN3O3/c1-6-27-10-9-17(25-27)13-26(5)23(28)21-8-7-18(30-21)14-29-22-11-16(4)20(24)12-19(22)15(2)3/h7-12,15H,6,13-14H2,1-5H3. The van der Waals surface area contributed by atoms with Gasteiger partial charge in [0, 0.05) is 24.8 Å². The first kappa shape index (κ1) is 22.0. The number of aryl methyl sites for hydroxylation is 2. The molecule has 3 rings (SSSR count). The molecule has 0 spiro atoms. The first-order chi connectivity index (χ1) is 14.3. The number of carbonyl (C=O) groups is 1. The van der Waals surface area contributed by atoms with Crippen LogP contribution in [-0.4, -0.2) is 27.6 Å². The molecule has 0 bridgehead atoms. The molecule has 7 heteroatoms. The fraction of sp³-hybridized carbons (Fsp3) is 0.391. The van der Waals surface area contributed by atoms with Gasteiger partial charge in [-0.1, -0.05) is 25.4 Å². The van der Waals surface area contributed by atoms with Gasteiger partial charge in [-0.05, 0) is 61.2 Å². The Hall–Kier alpha value is -2.73. The topological polar surface area (TPSA) is 60.5 Å². The van der Waals surface area contributed by atoms with Gasteiger partial charge in [-0.15, -0.1) is 0 Å². The van der Waals surface area contributed by atoms with Gasteiger partial charge in [0.05, 0.1) is 12.2 Å². The minimum atomic E-state index is -0.197. The van der Waals surface area contributed by atoms with Crippen LogP contribution in [0.15, 0.2) is 40.9 Å². The van der Waals surface area contributed by atoms with Crippen LogP contribution in [0.3, 0.4) is 0 Å². The smallest absolute Gasteiger partial charge is 0.289 e. The normalized spacial score (nSPS) is 11.2. The van der Waals surface area contributed by atoms with Crippen molar-refractivity contribution < 1.29 is 13.9 Å². The number of carbonyl (C=O) groups excluding carboxylic acids is 1. The maximum absolute atomic E-state index is 12.7. The molecule has 160 valence electrons. The van der Waals surface area contributed by atoms with Crippen LogP contribution in [0.1, 0.15) is 59.8 Å². The third-order valence-electron chi connectivity index (χ3n) is 4.92. The highest BCUT2D eigenvalue weighted by Crippen LogP contribution is 2.32. The molecule has 0 aliphatic rings. The van der Waals surface area contributed by atoms with E-state index in [2.05, 4.69) is 18.9 Å². The van der Waals surface area contributed by atoms with Crippen LogP contribution in [0.4, 0.5) is 0 Å². The van der Waals surface area contributed by atoms with Crippen molar-refractivity contribution in [2.75, 3.05) is 7.05 Å². The molecule has 1 aromatic carbocycles. The Bertz CT molecular complexity index is 1020. The maximum Gasteiger partial charge on any atom is 0.289 e. The van der Waals surface area contributed by atoms with Gasteiger partial charge in [-0.25, -0.2) is 0 Å². The Morgan fingerprint density at radius 3 is 2.73 bits per heavy atom. The number of benzene rings is 1. The molecule has 2 heterocycles. The Morgan fingerprint density at radius 1 is 1.30 bits per heavy atom. The van der Waals surface area contributed by atoms with Crippen molar-refractivity contribution in [2.45, 2.75) is 53.3 Å². The summed E-state index contributed by atoms with van der Waals surface area (Å²) >= 11 is 6.26. The van der Waals surface area contributed by atoms with Crippen LogP contribution in [0.25, 0.3) is 0 Å². The number of nitrogens with zero attached hydrogens (tertiary/aromatic N) is 3. The molecule has 0 saturated heterocycles. The number of hydrogen-bond donors (Lipinski definition) is 0. The van der Waals surface area contributed by atoms with Gasteiger partial charge < -0.3 is 14.1 Å². The molecule has 30 heavy (non-hydrogen) atoms. The van der Waals surface area contributed by atoms with Crippen LogP contribution in [-0.2, 0) is 19.7 Å². The molecule has 0 N–H and O–H groups in total. The van der Waals surface area contributed by atoms with Gasteiger partial charge >= 0.3 is 0 Å². The van der Waals surface area contributed by atoms with E-state index in [4.69, 9.17) is 20.8 Å². The summed E-state index contributed by atoms with van der Waals surface area (Å²) in [4.78, 5) is 14.3. The predicted octanol–water partition coefficient (Wildman–Crippen LogP) is 5.43. The van der Waals surface area contributed by atoms with E-state index in [0.29, 0.717) is 12.3 Å². The highest BCUT2D eigenvalue weighted by atomic mass is 35.5. The van der Waals surface area contributed by atoms with Gasteiger partial charge in [0.1, 0.15) is 18.1 Å². The van der Waals surface area contributed by atoms with Crippen LogP contribution >= 0.6 is 11.6 Å². The molecule has 0 atom stereocenters. The second-order valence-corrected chi connectivity index (χ2v) is 8.08. The summed E-state index contributed by atoms with van der Waals surface area (Å²) in [6.45, 7) is 9.60. The number of amides is 1. The molecule has 0 radical (unpaired) electrons. The molecule has 0 aliphatic heterocycles. The second-order valence-electron chi connectivity index (χ2n) is 7.67. The van der Waals surface area contributed by atoms with E-state index >= 15 is 0 Å². The van der Waals surface area contributed by atoms with Crippen molar-refractivity contribution in [1.82, 2.24) is 14.7 Å². The van der Waals surface area contributed by atoms with Gasteiger partial charge in [-0.2, -0.15) is 5.10 Å². The zero-order valence-electron chi connectivity index (χ0n) is 18.1. The second kappa shape index (κ2) is 9.39. The van der Waals surface area contributed by atoms with Crippen molar-refractivity contribution in [1.29, 1.82) is 0 Å². The van der Waals surface area contributed by atoms with E-state index in [-0.39, 0.29) is 24.2 Å². The molecule has 3 aromatic rings. The lowest BCUT2D eigenvalue weighted by molar-refractivity contribution is 0.0747. The lowest BCUT2D eigenvalue weighted by Crippen LogP contribution is -2.26. The summed E-state index contributed by atoms with van der Waals surface area (Å²) in [5, 5.41) is 5.14. The average Bonchev–Trinajstić information content (AvgIpc) is 3.37. The van der Waals surface area contributed by atoms with E-state index in [0.717, 1.165) is 34.1 Å². The highest BCUT2D eigenvalue weighted by Gasteiger charge is 2.18. The van der Waals surface area contributed by atoms with Crippen molar-refractivity contribution in [3.63, 3.8) is 0 Å². The predicted molar refractivity (Wildman–Crippen MR) is 117 cm³/mol. The van der Waals surface area contributed by atoms with E-state index in [1.807, 2.05) is 42.9 Å². The van der Waals surface area contributed by atoms with Crippen molar-refractivity contribution >= 4 is 17.5 Å². The van der Waals surface area contributed by atoms with Gasteiger partial charge in [-0.3, -0.25) is 9.48 Å². The third-order valence-corrected chi connectivity index (χ3v) is 5.33. The number of aromatic nitrogens is 2.